The summed E-state index contributed by atoms with van der Waals surface area (Å²) in [5.41, 5.74) is 0. The van der Waals surface area contributed by atoms with Crippen molar-refractivity contribution in [2.24, 2.45) is 5.92 Å². The van der Waals surface area contributed by atoms with Crippen LogP contribution in [-0.2, 0) is 9.53 Å². The van der Waals surface area contributed by atoms with Crippen molar-refractivity contribution in [1.29, 1.82) is 0 Å². The SMILES string of the molecule is CCOC(=O)C(CCN1CCC(CN(C)C)CC1)NC. The van der Waals surface area contributed by atoms with Crippen LogP contribution in [0.2, 0.25) is 0 Å². The van der Waals surface area contributed by atoms with Gasteiger partial charge in [0.15, 0.2) is 0 Å². The normalized spacial score (nSPS) is 19.2. The van der Waals surface area contributed by atoms with E-state index in [1.807, 2.05) is 14.0 Å². The average Bonchev–Trinajstić information content (AvgIpc) is 2.41. The van der Waals surface area contributed by atoms with Crippen molar-refractivity contribution in [3.05, 3.63) is 0 Å². The number of carbonyl (C=O) groups excluding carboxylic acids is 1. The number of hydrogen-bond acceptors (Lipinski definition) is 5. The molecular weight excluding hydrogens is 254 g/mol. The fourth-order valence-corrected chi connectivity index (χ4v) is 2.84. The van der Waals surface area contributed by atoms with Gasteiger partial charge in [0.25, 0.3) is 0 Å². The van der Waals surface area contributed by atoms with Crippen LogP contribution in [0.25, 0.3) is 0 Å². The number of likely N-dealkylation sites (tertiary alicyclic amines) is 1. The van der Waals surface area contributed by atoms with Crippen molar-refractivity contribution in [3.8, 4) is 0 Å². The average molecular weight is 285 g/mol. The van der Waals surface area contributed by atoms with E-state index in [-0.39, 0.29) is 12.0 Å². The lowest BCUT2D eigenvalue weighted by atomic mass is 9.96. The Kier molecular flexibility index (Phi) is 8.11. The maximum atomic E-state index is 11.7. The summed E-state index contributed by atoms with van der Waals surface area (Å²) in [4.78, 5) is 16.5. The number of nitrogens with zero attached hydrogens (tertiary/aromatic N) is 2. The number of hydrogen-bond donors (Lipinski definition) is 1. The summed E-state index contributed by atoms with van der Waals surface area (Å²) >= 11 is 0. The fraction of sp³-hybridized carbons (Fsp3) is 0.933. The first-order chi connectivity index (χ1) is 9.56. The molecule has 0 aromatic heterocycles. The van der Waals surface area contributed by atoms with Gasteiger partial charge in [0.2, 0.25) is 0 Å². The standard InChI is InChI=1S/C15H31N3O2/c1-5-20-15(19)14(16-2)8-11-18-9-6-13(7-10-18)12-17(3)4/h13-14,16H,5-12H2,1-4H3. The highest BCUT2D eigenvalue weighted by Gasteiger charge is 2.22. The second-order valence-corrected chi connectivity index (χ2v) is 5.93. The lowest BCUT2D eigenvalue weighted by Gasteiger charge is -2.33. The monoisotopic (exact) mass is 285 g/mol. The van der Waals surface area contributed by atoms with E-state index in [1.165, 1.54) is 19.4 Å². The molecule has 5 nitrogen and oxygen atoms in total. The molecule has 5 heteroatoms. The maximum absolute atomic E-state index is 11.7. The Hall–Kier alpha value is -0.650. The first-order valence-electron chi connectivity index (χ1n) is 7.77. The molecule has 0 radical (unpaired) electrons. The van der Waals surface area contributed by atoms with E-state index in [0.29, 0.717) is 6.61 Å². The first kappa shape index (κ1) is 17.4. The largest absolute Gasteiger partial charge is 0.465 e. The number of nitrogens with one attached hydrogen (secondary N) is 1. The molecule has 1 N–H and O–H groups in total. The van der Waals surface area contributed by atoms with Crippen LogP contribution >= 0.6 is 0 Å². The lowest BCUT2D eigenvalue weighted by Crippen LogP contribution is -2.42. The molecule has 0 bridgehead atoms. The molecule has 1 fully saturated rings. The summed E-state index contributed by atoms with van der Waals surface area (Å²) in [6.45, 7) is 6.76. The van der Waals surface area contributed by atoms with Crippen LogP contribution in [0.15, 0.2) is 0 Å². The van der Waals surface area contributed by atoms with Gasteiger partial charge in [-0.1, -0.05) is 0 Å². The van der Waals surface area contributed by atoms with Gasteiger partial charge in [-0.3, -0.25) is 4.79 Å². The van der Waals surface area contributed by atoms with E-state index in [2.05, 4.69) is 29.2 Å². The van der Waals surface area contributed by atoms with Crippen LogP contribution in [0.5, 0.6) is 0 Å². The molecule has 0 saturated carbocycles. The first-order valence-corrected chi connectivity index (χ1v) is 7.77. The Morgan fingerprint density at radius 2 is 2.05 bits per heavy atom. The van der Waals surface area contributed by atoms with E-state index in [9.17, 15) is 4.79 Å². The van der Waals surface area contributed by atoms with Gasteiger partial charge in [-0.15, -0.1) is 0 Å². The van der Waals surface area contributed by atoms with E-state index in [4.69, 9.17) is 4.74 Å². The highest BCUT2D eigenvalue weighted by atomic mass is 16.5. The molecule has 0 aromatic rings. The molecule has 1 saturated heterocycles. The van der Waals surface area contributed by atoms with Crippen molar-refractivity contribution in [2.75, 3.05) is 53.9 Å². The zero-order valence-electron chi connectivity index (χ0n) is 13.5. The second-order valence-electron chi connectivity index (χ2n) is 5.93. The molecule has 20 heavy (non-hydrogen) atoms. The predicted octanol–water partition coefficient (Wildman–Crippen LogP) is 0.801. The number of ether oxygens (including phenoxy) is 1. The Morgan fingerprint density at radius 3 is 2.55 bits per heavy atom. The molecular formula is C15H31N3O2. The Bertz CT molecular complexity index is 276. The third-order valence-electron chi connectivity index (χ3n) is 3.98. The predicted molar refractivity (Wildman–Crippen MR) is 81.8 cm³/mol. The van der Waals surface area contributed by atoms with Crippen LogP contribution in [0, 0.1) is 5.92 Å². The van der Waals surface area contributed by atoms with E-state index in [0.717, 1.165) is 32.0 Å². The molecule has 0 spiro atoms. The zero-order valence-corrected chi connectivity index (χ0v) is 13.5. The summed E-state index contributed by atoms with van der Waals surface area (Å²) in [6.07, 6.45) is 3.36. The molecule has 1 rings (SSSR count). The third kappa shape index (κ3) is 6.20. The van der Waals surface area contributed by atoms with Crippen LogP contribution in [-0.4, -0.2) is 75.7 Å². The second kappa shape index (κ2) is 9.32. The zero-order chi connectivity index (χ0) is 15.0. The maximum Gasteiger partial charge on any atom is 0.323 e. The minimum Gasteiger partial charge on any atom is -0.465 e. The van der Waals surface area contributed by atoms with Crippen LogP contribution in [0.1, 0.15) is 26.2 Å². The number of carbonyl (C=O) groups is 1. The fourth-order valence-electron chi connectivity index (χ4n) is 2.84. The van der Waals surface area contributed by atoms with Crippen molar-refractivity contribution in [2.45, 2.75) is 32.2 Å². The van der Waals surface area contributed by atoms with Crippen molar-refractivity contribution < 1.29 is 9.53 Å². The van der Waals surface area contributed by atoms with E-state index >= 15 is 0 Å². The minimum absolute atomic E-state index is 0.127. The molecule has 118 valence electrons. The van der Waals surface area contributed by atoms with E-state index in [1.54, 1.807) is 0 Å². The Balaban J connectivity index is 2.24. The van der Waals surface area contributed by atoms with Crippen molar-refractivity contribution >= 4 is 5.97 Å². The van der Waals surface area contributed by atoms with Crippen molar-refractivity contribution in [1.82, 2.24) is 15.1 Å². The molecule has 1 aliphatic heterocycles. The molecule has 0 amide bonds. The summed E-state index contributed by atoms with van der Waals surface area (Å²) in [5.74, 6) is 0.698. The summed E-state index contributed by atoms with van der Waals surface area (Å²) in [6, 6.07) is -0.172. The van der Waals surface area contributed by atoms with Crippen LogP contribution < -0.4 is 5.32 Å². The van der Waals surface area contributed by atoms with Gasteiger partial charge in [0.05, 0.1) is 6.61 Å². The summed E-state index contributed by atoms with van der Waals surface area (Å²) < 4.78 is 5.07. The molecule has 1 atom stereocenters. The van der Waals surface area contributed by atoms with Gasteiger partial charge < -0.3 is 19.9 Å². The molecule has 0 aliphatic carbocycles. The third-order valence-corrected chi connectivity index (χ3v) is 3.98. The highest BCUT2D eigenvalue weighted by molar-refractivity contribution is 5.75. The van der Waals surface area contributed by atoms with E-state index < -0.39 is 0 Å². The minimum atomic E-state index is -0.172. The summed E-state index contributed by atoms with van der Waals surface area (Å²) in [5, 5.41) is 3.05. The molecule has 0 aromatic carbocycles. The number of esters is 1. The Morgan fingerprint density at radius 1 is 1.40 bits per heavy atom. The number of piperidine rings is 1. The van der Waals surface area contributed by atoms with Gasteiger partial charge in [-0.2, -0.15) is 0 Å². The summed E-state index contributed by atoms with van der Waals surface area (Å²) in [7, 11) is 6.11. The quantitative estimate of drug-likeness (QED) is 0.668. The van der Waals surface area contributed by atoms with Crippen molar-refractivity contribution in [3.63, 3.8) is 0 Å². The van der Waals surface area contributed by atoms with Crippen LogP contribution in [0.3, 0.4) is 0 Å². The highest BCUT2D eigenvalue weighted by Crippen LogP contribution is 2.18. The van der Waals surface area contributed by atoms with Gasteiger partial charge in [-0.05, 0) is 66.3 Å². The molecule has 1 aliphatic rings. The van der Waals surface area contributed by atoms with Gasteiger partial charge in [-0.25, -0.2) is 0 Å². The van der Waals surface area contributed by atoms with Crippen LogP contribution in [0.4, 0.5) is 0 Å². The topological polar surface area (TPSA) is 44.8 Å². The van der Waals surface area contributed by atoms with Gasteiger partial charge in [0, 0.05) is 13.1 Å². The lowest BCUT2D eigenvalue weighted by molar-refractivity contribution is -0.145. The number of likely N-dealkylation sites (N-methyl/N-ethyl adjacent to an activating group) is 1. The Labute approximate surface area is 123 Å². The van der Waals surface area contributed by atoms with Gasteiger partial charge in [0.1, 0.15) is 6.04 Å². The molecule has 1 unspecified atom stereocenters. The smallest absolute Gasteiger partial charge is 0.323 e. The molecule has 1 heterocycles. The van der Waals surface area contributed by atoms with Gasteiger partial charge >= 0.3 is 5.97 Å². The number of rotatable bonds is 8.